The molecule has 0 saturated heterocycles. The van der Waals surface area contributed by atoms with Gasteiger partial charge in [-0.15, -0.1) is 0 Å². The van der Waals surface area contributed by atoms with Crippen molar-refractivity contribution in [2.45, 2.75) is 12.8 Å². The van der Waals surface area contributed by atoms with Gasteiger partial charge in [0.25, 0.3) is 0 Å². The molecule has 1 amide bonds. The number of carbonyl (C=O) groups excluding carboxylic acids is 1. The Morgan fingerprint density at radius 2 is 2.05 bits per heavy atom. The molecule has 116 valence electrons. The predicted octanol–water partition coefficient (Wildman–Crippen LogP) is 5.34. The van der Waals surface area contributed by atoms with Gasteiger partial charge >= 0.3 is 0 Å². The summed E-state index contributed by atoms with van der Waals surface area (Å²) in [4.78, 5) is 12.0. The number of rotatable bonds is 5. The van der Waals surface area contributed by atoms with Gasteiger partial charge in [-0.2, -0.15) is 0 Å². The number of hydrogen-bond acceptors (Lipinski definition) is 2. The quantitative estimate of drug-likeness (QED) is 0.733. The third-order valence-electron chi connectivity index (χ3n) is 3.08. The van der Waals surface area contributed by atoms with Crippen molar-refractivity contribution in [3.8, 4) is 5.75 Å². The molecule has 0 unspecified atom stereocenters. The van der Waals surface area contributed by atoms with E-state index in [4.69, 9.17) is 27.9 Å². The van der Waals surface area contributed by atoms with Gasteiger partial charge in [0.2, 0.25) is 5.91 Å². The number of carbonyl (C=O) groups is 1. The first-order valence-electron chi connectivity index (χ1n) is 6.57. The summed E-state index contributed by atoms with van der Waals surface area (Å²) < 4.78 is 6.04. The standard InChI is InChI=1S/C16H14BrCl2NO2/c1-22-14-7-5-10(9-11(14)17)6-8-15(21)20-13-4-2-3-12(18)16(13)19/h2-5,7,9H,6,8H2,1H3,(H,20,21). The monoisotopic (exact) mass is 401 g/mol. The topological polar surface area (TPSA) is 38.3 Å². The maximum absolute atomic E-state index is 12.0. The third-order valence-corrected chi connectivity index (χ3v) is 4.52. The van der Waals surface area contributed by atoms with Crippen LogP contribution in [0.2, 0.25) is 10.0 Å². The van der Waals surface area contributed by atoms with Crippen LogP contribution in [0.3, 0.4) is 0 Å². The number of amides is 1. The number of halogens is 3. The molecule has 0 aromatic heterocycles. The van der Waals surface area contributed by atoms with Gasteiger partial charge in [0.15, 0.2) is 0 Å². The summed E-state index contributed by atoms with van der Waals surface area (Å²) in [6, 6.07) is 10.9. The van der Waals surface area contributed by atoms with E-state index < -0.39 is 0 Å². The summed E-state index contributed by atoms with van der Waals surface area (Å²) in [7, 11) is 1.61. The van der Waals surface area contributed by atoms with Crippen LogP contribution in [0.4, 0.5) is 5.69 Å². The highest BCUT2D eigenvalue weighted by Crippen LogP contribution is 2.30. The van der Waals surface area contributed by atoms with E-state index in [1.165, 1.54) is 0 Å². The van der Waals surface area contributed by atoms with Crippen molar-refractivity contribution in [2.24, 2.45) is 0 Å². The first-order valence-corrected chi connectivity index (χ1v) is 8.12. The Morgan fingerprint density at radius 3 is 2.73 bits per heavy atom. The zero-order chi connectivity index (χ0) is 16.1. The minimum absolute atomic E-state index is 0.115. The summed E-state index contributed by atoms with van der Waals surface area (Å²) in [6.45, 7) is 0. The molecule has 0 atom stereocenters. The molecule has 6 heteroatoms. The number of anilines is 1. The normalized spacial score (nSPS) is 10.4. The summed E-state index contributed by atoms with van der Waals surface area (Å²) in [6.07, 6.45) is 0.966. The molecule has 0 radical (unpaired) electrons. The second kappa shape index (κ2) is 7.86. The molecule has 2 aromatic carbocycles. The molecule has 2 rings (SSSR count). The summed E-state index contributed by atoms with van der Waals surface area (Å²) >= 11 is 15.4. The smallest absolute Gasteiger partial charge is 0.224 e. The van der Waals surface area contributed by atoms with E-state index in [0.717, 1.165) is 15.8 Å². The van der Waals surface area contributed by atoms with Crippen molar-refractivity contribution in [2.75, 3.05) is 12.4 Å². The van der Waals surface area contributed by atoms with E-state index >= 15 is 0 Å². The van der Waals surface area contributed by atoms with Crippen LogP contribution in [-0.4, -0.2) is 13.0 Å². The van der Waals surface area contributed by atoms with Crippen molar-refractivity contribution in [1.29, 1.82) is 0 Å². The summed E-state index contributed by atoms with van der Waals surface area (Å²) in [5.74, 6) is 0.648. The highest BCUT2D eigenvalue weighted by Gasteiger charge is 2.09. The maximum atomic E-state index is 12.0. The van der Waals surface area contributed by atoms with Crippen LogP contribution in [-0.2, 0) is 11.2 Å². The van der Waals surface area contributed by atoms with E-state index in [-0.39, 0.29) is 5.91 Å². The minimum Gasteiger partial charge on any atom is -0.496 e. The minimum atomic E-state index is -0.115. The van der Waals surface area contributed by atoms with E-state index in [1.54, 1.807) is 25.3 Å². The van der Waals surface area contributed by atoms with Gasteiger partial charge in [-0.1, -0.05) is 35.3 Å². The number of aryl methyl sites for hydroxylation is 1. The molecule has 1 N–H and O–H groups in total. The molecular weight excluding hydrogens is 389 g/mol. The highest BCUT2D eigenvalue weighted by atomic mass is 79.9. The Kier molecular flexibility index (Phi) is 6.12. The fraction of sp³-hybridized carbons (Fsp3) is 0.188. The Labute approximate surface area is 147 Å². The van der Waals surface area contributed by atoms with Crippen LogP contribution < -0.4 is 10.1 Å². The van der Waals surface area contributed by atoms with Crippen molar-refractivity contribution in [3.05, 3.63) is 56.5 Å². The van der Waals surface area contributed by atoms with E-state index in [2.05, 4.69) is 21.2 Å². The summed E-state index contributed by atoms with van der Waals surface area (Å²) in [5, 5.41) is 3.53. The molecule has 3 nitrogen and oxygen atoms in total. The number of nitrogens with one attached hydrogen (secondary N) is 1. The molecule has 0 aliphatic heterocycles. The molecule has 22 heavy (non-hydrogen) atoms. The summed E-state index contributed by atoms with van der Waals surface area (Å²) in [5.41, 5.74) is 1.56. The van der Waals surface area contributed by atoms with E-state index in [1.807, 2.05) is 18.2 Å². The third kappa shape index (κ3) is 4.38. The molecule has 0 aliphatic rings. The largest absolute Gasteiger partial charge is 0.496 e. The van der Waals surface area contributed by atoms with Crippen molar-refractivity contribution in [3.63, 3.8) is 0 Å². The SMILES string of the molecule is COc1ccc(CCC(=O)Nc2cccc(Cl)c2Cl)cc1Br. The Morgan fingerprint density at radius 1 is 1.27 bits per heavy atom. The first kappa shape index (κ1) is 17.1. The van der Waals surface area contributed by atoms with Crippen LogP contribution in [0.25, 0.3) is 0 Å². The Hall–Kier alpha value is -1.23. The van der Waals surface area contributed by atoms with Gasteiger partial charge in [0.05, 0.1) is 27.3 Å². The van der Waals surface area contributed by atoms with Gasteiger partial charge in [-0.05, 0) is 52.2 Å². The lowest BCUT2D eigenvalue weighted by Gasteiger charge is -2.09. The van der Waals surface area contributed by atoms with Crippen molar-refractivity contribution < 1.29 is 9.53 Å². The Bertz CT molecular complexity index is 692. The van der Waals surface area contributed by atoms with Gasteiger partial charge in [0, 0.05) is 6.42 Å². The van der Waals surface area contributed by atoms with Gasteiger partial charge < -0.3 is 10.1 Å². The molecule has 0 heterocycles. The van der Waals surface area contributed by atoms with E-state index in [9.17, 15) is 4.79 Å². The highest BCUT2D eigenvalue weighted by molar-refractivity contribution is 9.10. The van der Waals surface area contributed by atoms with Crippen LogP contribution >= 0.6 is 39.1 Å². The van der Waals surface area contributed by atoms with Crippen LogP contribution in [0.5, 0.6) is 5.75 Å². The second-order valence-corrected chi connectivity index (χ2v) is 6.26. The van der Waals surface area contributed by atoms with Gasteiger partial charge in [-0.25, -0.2) is 0 Å². The molecule has 0 aliphatic carbocycles. The lowest BCUT2D eigenvalue weighted by atomic mass is 10.1. The fourth-order valence-corrected chi connectivity index (χ4v) is 2.87. The van der Waals surface area contributed by atoms with Crippen LogP contribution in [0, 0.1) is 0 Å². The Balaban J connectivity index is 1.95. The molecule has 2 aromatic rings. The average Bonchev–Trinajstić information content (AvgIpc) is 2.50. The molecular formula is C16H14BrCl2NO2. The zero-order valence-electron chi connectivity index (χ0n) is 11.8. The number of hydrogen-bond donors (Lipinski definition) is 1. The molecule has 0 bridgehead atoms. The van der Waals surface area contributed by atoms with Gasteiger partial charge in [-0.3, -0.25) is 4.79 Å². The predicted molar refractivity (Wildman–Crippen MR) is 94.1 cm³/mol. The lowest BCUT2D eigenvalue weighted by molar-refractivity contribution is -0.116. The number of ether oxygens (including phenoxy) is 1. The number of benzene rings is 2. The van der Waals surface area contributed by atoms with Crippen LogP contribution in [0.15, 0.2) is 40.9 Å². The van der Waals surface area contributed by atoms with Gasteiger partial charge in [0.1, 0.15) is 5.75 Å². The average molecular weight is 403 g/mol. The van der Waals surface area contributed by atoms with Crippen molar-refractivity contribution >= 4 is 50.7 Å². The maximum Gasteiger partial charge on any atom is 0.224 e. The zero-order valence-corrected chi connectivity index (χ0v) is 14.9. The van der Waals surface area contributed by atoms with E-state index in [0.29, 0.717) is 28.6 Å². The molecule has 0 spiro atoms. The van der Waals surface area contributed by atoms with Crippen molar-refractivity contribution in [1.82, 2.24) is 0 Å². The molecule has 0 saturated carbocycles. The second-order valence-electron chi connectivity index (χ2n) is 4.62. The fourth-order valence-electron chi connectivity index (χ4n) is 1.94. The lowest BCUT2D eigenvalue weighted by Crippen LogP contribution is -2.12. The number of methoxy groups -OCH3 is 1. The first-order chi connectivity index (χ1) is 10.5. The van der Waals surface area contributed by atoms with Crippen LogP contribution in [0.1, 0.15) is 12.0 Å². The molecule has 0 fully saturated rings.